The van der Waals surface area contributed by atoms with Gasteiger partial charge < -0.3 is 24.8 Å². The molecule has 0 fully saturated rings. The summed E-state index contributed by atoms with van der Waals surface area (Å²) in [5.74, 6) is 1.75. The molecule has 2 aromatic carbocycles. The Morgan fingerprint density at radius 3 is 1.10 bits per heavy atom. The summed E-state index contributed by atoms with van der Waals surface area (Å²) >= 11 is 0. The third-order valence-electron chi connectivity index (χ3n) is 6.59. The van der Waals surface area contributed by atoms with Crippen LogP contribution in [0, 0.1) is 0 Å². The first-order valence-corrected chi connectivity index (χ1v) is 13.4. The van der Waals surface area contributed by atoms with Crippen molar-refractivity contribution in [3.8, 4) is 0 Å². The number of aromatic nitrogens is 1. The van der Waals surface area contributed by atoms with E-state index in [1.807, 2.05) is 12.4 Å². The number of rotatable bonds is 10. The van der Waals surface area contributed by atoms with Crippen molar-refractivity contribution in [2.45, 2.75) is 91.9 Å². The van der Waals surface area contributed by atoms with E-state index < -0.39 is 0 Å². The molecule has 1 heterocycles. The molecule has 0 amide bonds. The average Bonchev–Trinajstić information content (AvgIpc) is 2.84. The minimum Gasteiger partial charge on any atom is -1.00 e. The Bertz CT molecular complexity index is 1070. The van der Waals surface area contributed by atoms with Crippen LogP contribution in [-0.4, -0.2) is 17.4 Å². The van der Waals surface area contributed by atoms with Crippen LogP contribution in [0.4, 0.5) is 11.4 Å². The maximum atomic E-state index is 4.94. The Morgan fingerprint density at radius 1 is 0.538 bits per heavy atom. The number of aliphatic imine (C=N–C) groups is 2. The molecule has 39 heavy (non-hydrogen) atoms. The van der Waals surface area contributed by atoms with E-state index in [9.17, 15) is 0 Å². The summed E-state index contributed by atoms with van der Waals surface area (Å²) in [6.45, 7) is 17.8. The molecular formula is C33H43Cl2FeN3. The number of halogens is 2. The van der Waals surface area contributed by atoms with Gasteiger partial charge in [0.1, 0.15) is 0 Å². The van der Waals surface area contributed by atoms with Crippen molar-refractivity contribution < 1.29 is 41.9 Å². The third kappa shape index (κ3) is 10.2. The Balaban J connectivity index is 0.00000481. The molecule has 3 rings (SSSR count). The summed E-state index contributed by atoms with van der Waals surface area (Å²) in [6, 6.07) is 19.3. The predicted octanol–water partition coefficient (Wildman–Crippen LogP) is 3.47. The molecule has 0 aliphatic carbocycles. The molecule has 0 bridgehead atoms. The number of para-hydroxylation sites is 2. The number of hydrogen-bond donors (Lipinski definition) is 0. The van der Waals surface area contributed by atoms with Crippen LogP contribution in [0.1, 0.15) is 113 Å². The molecule has 0 unspecified atom stereocenters. The molecule has 0 spiro atoms. The van der Waals surface area contributed by atoms with Crippen LogP contribution in [0.25, 0.3) is 0 Å². The molecule has 3 nitrogen and oxygen atoms in total. The maximum absolute atomic E-state index is 4.94. The SMILES string of the molecule is CC(C)c1cccc(C(C)C)c1N=CCc1cccc(CC=Nc2c(C(C)C)cccc2C(C)C)n1.[Cl-].[Cl-].[Fe+2]. The van der Waals surface area contributed by atoms with Gasteiger partial charge >= 0.3 is 17.1 Å². The summed E-state index contributed by atoms with van der Waals surface area (Å²) in [4.78, 5) is 14.8. The molecule has 0 saturated carbocycles. The van der Waals surface area contributed by atoms with E-state index in [0.29, 0.717) is 36.5 Å². The Hall–Kier alpha value is -1.97. The van der Waals surface area contributed by atoms with Crippen LogP contribution < -0.4 is 24.8 Å². The molecule has 3 aromatic rings. The van der Waals surface area contributed by atoms with Gasteiger partial charge in [-0.25, -0.2) is 0 Å². The van der Waals surface area contributed by atoms with Crippen molar-refractivity contribution in [2.24, 2.45) is 9.98 Å². The van der Waals surface area contributed by atoms with Gasteiger partial charge in [-0.3, -0.25) is 15.0 Å². The Morgan fingerprint density at radius 2 is 0.821 bits per heavy atom. The van der Waals surface area contributed by atoms with Crippen LogP contribution in [0.15, 0.2) is 64.6 Å². The first-order chi connectivity index (χ1) is 17.2. The molecule has 0 atom stereocenters. The molecular weight excluding hydrogens is 565 g/mol. The summed E-state index contributed by atoms with van der Waals surface area (Å²) in [6.07, 6.45) is 5.45. The molecule has 0 N–H and O–H groups in total. The molecule has 0 radical (unpaired) electrons. The van der Waals surface area contributed by atoms with E-state index in [0.717, 1.165) is 22.8 Å². The van der Waals surface area contributed by atoms with E-state index in [-0.39, 0.29) is 41.9 Å². The van der Waals surface area contributed by atoms with E-state index in [2.05, 4.69) is 110 Å². The fourth-order valence-corrected chi connectivity index (χ4v) is 4.54. The molecule has 0 aliphatic heterocycles. The summed E-state index contributed by atoms with van der Waals surface area (Å²) in [5, 5.41) is 0. The number of benzene rings is 2. The number of pyridine rings is 1. The minimum atomic E-state index is 0. The van der Waals surface area contributed by atoms with Gasteiger partial charge in [-0.05, 0) is 58.1 Å². The quantitative estimate of drug-likeness (QED) is 0.257. The van der Waals surface area contributed by atoms with Crippen LogP contribution in [0.3, 0.4) is 0 Å². The van der Waals surface area contributed by atoms with Gasteiger partial charge in [0.15, 0.2) is 0 Å². The zero-order chi connectivity index (χ0) is 26.2. The van der Waals surface area contributed by atoms with Crippen molar-refractivity contribution >= 4 is 23.8 Å². The Kier molecular flexibility index (Phi) is 16.8. The predicted molar refractivity (Wildman–Crippen MR) is 157 cm³/mol. The zero-order valence-corrected chi connectivity index (χ0v) is 27.1. The van der Waals surface area contributed by atoms with Crippen molar-refractivity contribution in [1.82, 2.24) is 4.98 Å². The van der Waals surface area contributed by atoms with Crippen molar-refractivity contribution in [1.29, 1.82) is 0 Å². The largest absolute Gasteiger partial charge is 2.00 e. The van der Waals surface area contributed by atoms with Gasteiger partial charge in [0, 0.05) is 36.7 Å². The minimum absolute atomic E-state index is 0. The van der Waals surface area contributed by atoms with Crippen LogP contribution in [0.5, 0.6) is 0 Å². The van der Waals surface area contributed by atoms with Crippen LogP contribution in [-0.2, 0) is 29.9 Å². The van der Waals surface area contributed by atoms with Crippen LogP contribution >= 0.6 is 0 Å². The summed E-state index contributed by atoms with van der Waals surface area (Å²) in [7, 11) is 0. The van der Waals surface area contributed by atoms with E-state index >= 15 is 0 Å². The third-order valence-corrected chi connectivity index (χ3v) is 6.59. The first kappa shape index (κ1) is 37.0. The Labute approximate surface area is 259 Å². The van der Waals surface area contributed by atoms with Gasteiger partial charge in [-0.2, -0.15) is 0 Å². The fraction of sp³-hybridized carbons (Fsp3) is 0.424. The van der Waals surface area contributed by atoms with E-state index in [1.165, 1.54) is 22.3 Å². The maximum Gasteiger partial charge on any atom is 2.00 e. The van der Waals surface area contributed by atoms with Crippen molar-refractivity contribution in [3.63, 3.8) is 0 Å². The summed E-state index contributed by atoms with van der Waals surface area (Å²) < 4.78 is 0. The molecule has 0 saturated heterocycles. The molecule has 0 aliphatic rings. The normalized spacial score (nSPS) is 11.4. The summed E-state index contributed by atoms with van der Waals surface area (Å²) in [5.41, 5.74) is 9.52. The van der Waals surface area contributed by atoms with Crippen molar-refractivity contribution in [2.75, 3.05) is 0 Å². The topological polar surface area (TPSA) is 37.6 Å². The van der Waals surface area contributed by atoms with E-state index in [1.54, 1.807) is 0 Å². The second-order valence-corrected chi connectivity index (χ2v) is 10.8. The smallest absolute Gasteiger partial charge is 1.00 e. The molecule has 1 aromatic heterocycles. The van der Waals surface area contributed by atoms with Gasteiger partial charge in [-0.15, -0.1) is 0 Å². The van der Waals surface area contributed by atoms with Gasteiger partial charge in [0.25, 0.3) is 0 Å². The monoisotopic (exact) mass is 607 g/mol. The van der Waals surface area contributed by atoms with E-state index in [4.69, 9.17) is 15.0 Å². The second kappa shape index (κ2) is 17.7. The zero-order valence-electron chi connectivity index (χ0n) is 24.5. The van der Waals surface area contributed by atoms with Gasteiger partial charge in [-0.1, -0.05) is 97.9 Å². The van der Waals surface area contributed by atoms with Gasteiger partial charge in [0.05, 0.1) is 11.4 Å². The molecule has 212 valence electrons. The average molecular weight is 608 g/mol. The first-order valence-electron chi connectivity index (χ1n) is 13.4. The second-order valence-electron chi connectivity index (χ2n) is 10.8. The number of hydrogen-bond acceptors (Lipinski definition) is 3. The van der Waals surface area contributed by atoms with Crippen molar-refractivity contribution in [3.05, 3.63) is 88.2 Å². The standard InChI is InChI=1S/C33H43N3.2ClH.Fe/c1-22(2)28-14-10-15-29(23(3)4)32(28)34-20-18-26-12-9-13-27(36-26)19-21-35-33-30(24(5)6)16-11-17-31(33)25(7)8;;;/h9-17,20-25H,18-19H2,1-8H3;2*1H;/q;;;+2/p-2. The van der Waals surface area contributed by atoms with Gasteiger partial charge in [0.2, 0.25) is 0 Å². The van der Waals surface area contributed by atoms with Crippen LogP contribution in [0.2, 0.25) is 0 Å². The number of nitrogens with zero attached hydrogens (tertiary/aromatic N) is 3. The fourth-order valence-electron chi connectivity index (χ4n) is 4.54. The molecule has 6 heteroatoms.